The average molecular weight is 403 g/mol. The molecule has 0 aliphatic heterocycles. The lowest BCUT2D eigenvalue weighted by Gasteiger charge is -2.09. The summed E-state index contributed by atoms with van der Waals surface area (Å²) in [5.41, 5.74) is 2.75. The van der Waals surface area contributed by atoms with Gasteiger partial charge in [-0.15, -0.1) is 0 Å². The molecule has 0 saturated heterocycles. The number of rotatable bonds is 9. The number of hydrogen-bond acceptors (Lipinski definition) is 5. The molecule has 0 radical (unpaired) electrons. The summed E-state index contributed by atoms with van der Waals surface area (Å²) in [7, 11) is 0. The summed E-state index contributed by atoms with van der Waals surface area (Å²) >= 11 is 0. The molecular formula is C23H25N5O2. The Hall–Kier alpha value is -3.48. The van der Waals surface area contributed by atoms with Crippen molar-refractivity contribution in [3.63, 3.8) is 0 Å². The third-order valence-electron chi connectivity index (χ3n) is 5.01. The summed E-state index contributed by atoms with van der Waals surface area (Å²) in [6.45, 7) is 3.27. The molecule has 7 heteroatoms. The van der Waals surface area contributed by atoms with E-state index in [2.05, 4.69) is 22.3 Å². The van der Waals surface area contributed by atoms with Gasteiger partial charge in [0.1, 0.15) is 12.3 Å². The SMILES string of the molecule is CCCCCCNC(=O)c1cc(-c2cccnc2)nc2c1cnn2Cc1ccco1. The molecule has 30 heavy (non-hydrogen) atoms. The number of unbranched alkanes of at least 4 members (excludes halogenated alkanes) is 3. The number of carbonyl (C=O) groups excluding carboxylic acids is 1. The Balaban J connectivity index is 1.68. The van der Waals surface area contributed by atoms with Gasteiger partial charge in [0, 0.05) is 24.5 Å². The van der Waals surface area contributed by atoms with Gasteiger partial charge in [-0.05, 0) is 36.8 Å². The largest absolute Gasteiger partial charge is 0.467 e. The molecule has 4 aromatic heterocycles. The van der Waals surface area contributed by atoms with E-state index in [1.165, 1.54) is 12.8 Å². The number of furan rings is 1. The Morgan fingerprint density at radius 1 is 1.17 bits per heavy atom. The van der Waals surface area contributed by atoms with Crippen LogP contribution in [0.1, 0.15) is 48.7 Å². The number of nitrogens with zero attached hydrogens (tertiary/aromatic N) is 4. The summed E-state index contributed by atoms with van der Waals surface area (Å²) in [6.07, 6.45) is 11.2. The van der Waals surface area contributed by atoms with E-state index in [1.807, 2.05) is 30.3 Å². The second kappa shape index (κ2) is 9.35. The highest BCUT2D eigenvalue weighted by molar-refractivity contribution is 6.06. The van der Waals surface area contributed by atoms with Crippen LogP contribution < -0.4 is 5.32 Å². The van der Waals surface area contributed by atoms with Gasteiger partial charge in [0.2, 0.25) is 0 Å². The van der Waals surface area contributed by atoms with Crippen molar-refractivity contribution < 1.29 is 9.21 Å². The van der Waals surface area contributed by atoms with Crippen molar-refractivity contribution in [3.8, 4) is 11.3 Å². The van der Waals surface area contributed by atoms with E-state index in [0.717, 1.165) is 29.6 Å². The topological polar surface area (TPSA) is 85.8 Å². The van der Waals surface area contributed by atoms with E-state index >= 15 is 0 Å². The molecule has 0 fully saturated rings. The maximum absolute atomic E-state index is 13.0. The fraction of sp³-hybridized carbons (Fsp3) is 0.304. The molecule has 0 spiro atoms. The predicted octanol–water partition coefficient (Wildman–Crippen LogP) is 4.44. The normalized spacial score (nSPS) is 11.1. The second-order valence-corrected chi connectivity index (χ2v) is 7.23. The molecular weight excluding hydrogens is 378 g/mol. The maximum atomic E-state index is 13.0. The van der Waals surface area contributed by atoms with E-state index in [4.69, 9.17) is 9.40 Å². The number of amides is 1. The van der Waals surface area contributed by atoms with Crippen LogP contribution in [-0.2, 0) is 6.54 Å². The van der Waals surface area contributed by atoms with Gasteiger partial charge in [0.05, 0.1) is 29.1 Å². The van der Waals surface area contributed by atoms with Crippen molar-refractivity contribution in [2.24, 2.45) is 0 Å². The predicted molar refractivity (Wildman–Crippen MR) is 115 cm³/mol. The number of hydrogen-bond donors (Lipinski definition) is 1. The van der Waals surface area contributed by atoms with Crippen molar-refractivity contribution >= 4 is 16.9 Å². The lowest BCUT2D eigenvalue weighted by molar-refractivity contribution is 0.0954. The van der Waals surface area contributed by atoms with Gasteiger partial charge in [-0.25, -0.2) is 9.67 Å². The zero-order valence-electron chi connectivity index (χ0n) is 17.0. The second-order valence-electron chi connectivity index (χ2n) is 7.23. The van der Waals surface area contributed by atoms with Crippen LogP contribution in [0.5, 0.6) is 0 Å². The zero-order chi connectivity index (χ0) is 20.8. The highest BCUT2D eigenvalue weighted by Crippen LogP contribution is 2.25. The maximum Gasteiger partial charge on any atom is 0.252 e. The first-order chi connectivity index (χ1) is 14.8. The Morgan fingerprint density at radius 3 is 2.87 bits per heavy atom. The van der Waals surface area contributed by atoms with Crippen molar-refractivity contribution in [1.82, 2.24) is 25.1 Å². The minimum atomic E-state index is -0.110. The van der Waals surface area contributed by atoms with E-state index in [-0.39, 0.29) is 5.91 Å². The molecule has 4 rings (SSSR count). The molecule has 1 amide bonds. The summed E-state index contributed by atoms with van der Waals surface area (Å²) in [5, 5.41) is 8.24. The molecule has 0 atom stereocenters. The molecule has 4 heterocycles. The minimum absolute atomic E-state index is 0.110. The Kier molecular flexibility index (Phi) is 6.17. The van der Waals surface area contributed by atoms with Crippen molar-refractivity contribution in [1.29, 1.82) is 0 Å². The van der Waals surface area contributed by atoms with Gasteiger partial charge in [-0.2, -0.15) is 5.10 Å². The first-order valence-electron chi connectivity index (χ1n) is 10.3. The summed E-state index contributed by atoms with van der Waals surface area (Å²) in [5.74, 6) is 0.664. The highest BCUT2D eigenvalue weighted by Gasteiger charge is 2.18. The quantitative estimate of drug-likeness (QED) is 0.418. The number of nitrogens with one attached hydrogen (secondary N) is 1. The molecule has 1 N–H and O–H groups in total. The summed E-state index contributed by atoms with van der Waals surface area (Å²) in [6, 6.07) is 9.34. The van der Waals surface area contributed by atoms with Crippen LogP contribution in [0.3, 0.4) is 0 Å². The van der Waals surface area contributed by atoms with Crippen LogP contribution in [0.25, 0.3) is 22.3 Å². The van der Waals surface area contributed by atoms with Crippen molar-refractivity contribution in [2.45, 2.75) is 39.2 Å². The molecule has 0 aliphatic rings. The minimum Gasteiger partial charge on any atom is -0.467 e. The van der Waals surface area contributed by atoms with Gasteiger partial charge in [0.25, 0.3) is 5.91 Å². The Bertz CT molecular complexity index is 1100. The van der Waals surface area contributed by atoms with E-state index < -0.39 is 0 Å². The zero-order valence-corrected chi connectivity index (χ0v) is 17.0. The number of pyridine rings is 2. The molecule has 0 aliphatic carbocycles. The first kappa shape index (κ1) is 19.8. The van der Waals surface area contributed by atoms with Crippen LogP contribution in [0.2, 0.25) is 0 Å². The first-order valence-corrected chi connectivity index (χ1v) is 10.3. The van der Waals surface area contributed by atoms with Crippen LogP contribution >= 0.6 is 0 Å². The van der Waals surface area contributed by atoms with E-state index in [1.54, 1.807) is 29.5 Å². The van der Waals surface area contributed by atoms with Crippen LogP contribution in [0, 0.1) is 0 Å². The molecule has 154 valence electrons. The van der Waals surface area contributed by atoms with Gasteiger partial charge < -0.3 is 9.73 Å². The third-order valence-corrected chi connectivity index (χ3v) is 5.01. The van der Waals surface area contributed by atoms with Crippen LogP contribution in [0.15, 0.2) is 59.6 Å². The highest BCUT2D eigenvalue weighted by atomic mass is 16.3. The van der Waals surface area contributed by atoms with Crippen molar-refractivity contribution in [3.05, 3.63) is 66.5 Å². The monoisotopic (exact) mass is 403 g/mol. The fourth-order valence-corrected chi connectivity index (χ4v) is 3.41. The summed E-state index contributed by atoms with van der Waals surface area (Å²) in [4.78, 5) is 22.0. The number of carbonyl (C=O) groups is 1. The van der Waals surface area contributed by atoms with Gasteiger partial charge >= 0.3 is 0 Å². The fourth-order valence-electron chi connectivity index (χ4n) is 3.41. The molecule has 0 saturated carbocycles. The van der Waals surface area contributed by atoms with E-state index in [9.17, 15) is 4.79 Å². The molecule has 0 bridgehead atoms. The standard InChI is InChI=1S/C23H25N5O2/c1-2-3-4-5-11-25-23(29)19-13-21(17-8-6-10-24-14-17)27-22-20(19)15-26-28(22)16-18-9-7-12-30-18/h6-10,12-15H,2-5,11,16H2,1H3,(H,25,29). The Morgan fingerprint density at radius 2 is 2.10 bits per heavy atom. The lowest BCUT2D eigenvalue weighted by Crippen LogP contribution is -2.24. The van der Waals surface area contributed by atoms with Crippen LogP contribution in [0.4, 0.5) is 0 Å². The average Bonchev–Trinajstić information content (AvgIpc) is 3.44. The van der Waals surface area contributed by atoms with Gasteiger partial charge in [-0.1, -0.05) is 26.2 Å². The number of fused-ring (bicyclic) bond motifs is 1. The van der Waals surface area contributed by atoms with Gasteiger partial charge in [-0.3, -0.25) is 9.78 Å². The molecule has 4 aromatic rings. The Labute approximate surface area is 175 Å². The van der Waals surface area contributed by atoms with Crippen molar-refractivity contribution in [2.75, 3.05) is 6.54 Å². The molecule has 7 nitrogen and oxygen atoms in total. The third kappa shape index (κ3) is 4.40. The number of aromatic nitrogens is 4. The van der Waals surface area contributed by atoms with Crippen LogP contribution in [-0.4, -0.2) is 32.2 Å². The lowest BCUT2D eigenvalue weighted by atomic mass is 10.1. The van der Waals surface area contributed by atoms with E-state index in [0.29, 0.717) is 30.0 Å². The van der Waals surface area contributed by atoms with Gasteiger partial charge in [0.15, 0.2) is 5.65 Å². The summed E-state index contributed by atoms with van der Waals surface area (Å²) < 4.78 is 7.21. The smallest absolute Gasteiger partial charge is 0.252 e. The molecule has 0 aromatic carbocycles. The molecule has 0 unspecified atom stereocenters.